The zero-order chi connectivity index (χ0) is 13.7. The molecular formula is C12H14N2O4. The second-order valence-corrected chi connectivity index (χ2v) is 4.02. The summed E-state index contributed by atoms with van der Waals surface area (Å²) in [5, 5.41) is 13.2. The van der Waals surface area contributed by atoms with Gasteiger partial charge in [0.05, 0.1) is 17.4 Å². The fourth-order valence-electron chi connectivity index (χ4n) is 1.51. The van der Waals surface area contributed by atoms with Crippen molar-refractivity contribution in [1.82, 2.24) is 5.32 Å². The van der Waals surface area contributed by atoms with Crippen LogP contribution in [-0.4, -0.2) is 16.6 Å². The molecule has 0 aliphatic carbocycles. The number of hydrogen-bond donors (Lipinski definition) is 1. The van der Waals surface area contributed by atoms with Crippen LogP contribution in [0, 0.1) is 10.1 Å². The highest BCUT2D eigenvalue weighted by molar-refractivity contribution is 5.96. The summed E-state index contributed by atoms with van der Waals surface area (Å²) >= 11 is 0. The van der Waals surface area contributed by atoms with Crippen molar-refractivity contribution >= 4 is 17.4 Å². The van der Waals surface area contributed by atoms with Crippen molar-refractivity contribution in [2.24, 2.45) is 0 Å². The molecule has 0 spiro atoms. The molecule has 1 atom stereocenters. The summed E-state index contributed by atoms with van der Waals surface area (Å²) in [5.74, 6) is -0.611. The maximum Gasteiger partial charge on any atom is 0.269 e. The number of carbonyl (C=O) groups excluding carboxylic acids is 2. The van der Waals surface area contributed by atoms with E-state index in [2.05, 4.69) is 5.32 Å². The molecule has 1 N–H and O–H groups in total. The van der Waals surface area contributed by atoms with E-state index in [1.54, 1.807) is 19.1 Å². The van der Waals surface area contributed by atoms with E-state index in [4.69, 9.17) is 0 Å². The molecule has 0 heterocycles. The van der Waals surface area contributed by atoms with Gasteiger partial charge < -0.3 is 5.32 Å². The number of benzene rings is 1. The van der Waals surface area contributed by atoms with Crippen LogP contribution in [0.4, 0.5) is 5.69 Å². The molecule has 1 rings (SSSR count). The molecule has 0 fully saturated rings. The lowest BCUT2D eigenvalue weighted by Gasteiger charge is -2.13. The van der Waals surface area contributed by atoms with Gasteiger partial charge in [0.2, 0.25) is 5.91 Å². The zero-order valence-electron chi connectivity index (χ0n) is 10.2. The Labute approximate surface area is 104 Å². The van der Waals surface area contributed by atoms with E-state index in [1.807, 2.05) is 0 Å². The summed E-state index contributed by atoms with van der Waals surface area (Å²) in [5.41, 5.74) is 0.598. The number of hydrogen-bond acceptors (Lipinski definition) is 4. The SMILES string of the molecule is CC(=O)CC(=O)NC(C)c1cccc([N+](=O)[O-])c1. The van der Waals surface area contributed by atoms with Crippen molar-refractivity contribution in [2.75, 3.05) is 0 Å². The van der Waals surface area contributed by atoms with Gasteiger partial charge in [-0.3, -0.25) is 19.7 Å². The van der Waals surface area contributed by atoms with E-state index in [0.717, 1.165) is 0 Å². The molecule has 0 saturated carbocycles. The number of ketones is 1. The van der Waals surface area contributed by atoms with Gasteiger partial charge in [-0.15, -0.1) is 0 Å². The van der Waals surface area contributed by atoms with Crippen LogP contribution < -0.4 is 5.32 Å². The Bertz CT molecular complexity index is 485. The number of carbonyl (C=O) groups is 2. The molecule has 1 amide bonds. The zero-order valence-corrected chi connectivity index (χ0v) is 10.2. The van der Waals surface area contributed by atoms with Gasteiger partial charge in [-0.25, -0.2) is 0 Å². The number of nitrogens with one attached hydrogen (secondary N) is 1. The van der Waals surface area contributed by atoms with Crippen molar-refractivity contribution < 1.29 is 14.5 Å². The number of amides is 1. The molecule has 1 aromatic rings. The van der Waals surface area contributed by atoms with Crippen LogP contribution in [0.25, 0.3) is 0 Å². The van der Waals surface area contributed by atoms with Gasteiger partial charge in [-0.1, -0.05) is 12.1 Å². The highest BCUT2D eigenvalue weighted by Crippen LogP contribution is 2.18. The Morgan fingerprint density at radius 1 is 1.44 bits per heavy atom. The third-order valence-electron chi connectivity index (χ3n) is 2.37. The van der Waals surface area contributed by atoms with E-state index in [9.17, 15) is 19.7 Å². The summed E-state index contributed by atoms with van der Waals surface area (Å²) < 4.78 is 0. The van der Waals surface area contributed by atoms with Crippen LogP contribution >= 0.6 is 0 Å². The summed E-state index contributed by atoms with van der Waals surface area (Å²) in [6.45, 7) is 3.04. The monoisotopic (exact) mass is 250 g/mol. The van der Waals surface area contributed by atoms with Crippen molar-refractivity contribution in [2.45, 2.75) is 26.3 Å². The van der Waals surface area contributed by atoms with Crippen molar-refractivity contribution in [3.63, 3.8) is 0 Å². The lowest BCUT2D eigenvalue weighted by molar-refractivity contribution is -0.384. The molecule has 0 aliphatic rings. The fourth-order valence-corrected chi connectivity index (χ4v) is 1.51. The quantitative estimate of drug-likeness (QED) is 0.489. The first-order valence-electron chi connectivity index (χ1n) is 5.43. The van der Waals surface area contributed by atoms with E-state index >= 15 is 0 Å². The largest absolute Gasteiger partial charge is 0.349 e. The average Bonchev–Trinajstić information content (AvgIpc) is 2.27. The van der Waals surface area contributed by atoms with Gasteiger partial charge in [-0.05, 0) is 19.4 Å². The lowest BCUT2D eigenvalue weighted by Crippen LogP contribution is -2.27. The molecule has 96 valence electrons. The van der Waals surface area contributed by atoms with Gasteiger partial charge in [-0.2, -0.15) is 0 Å². The van der Waals surface area contributed by atoms with Crippen molar-refractivity contribution in [1.29, 1.82) is 0 Å². The molecule has 0 aromatic heterocycles. The summed E-state index contributed by atoms with van der Waals surface area (Å²) in [6, 6.07) is 5.65. The summed E-state index contributed by atoms with van der Waals surface area (Å²) in [6.07, 6.45) is -0.181. The van der Waals surface area contributed by atoms with Crippen molar-refractivity contribution in [3.05, 3.63) is 39.9 Å². The molecule has 1 aromatic carbocycles. The van der Waals surface area contributed by atoms with E-state index in [1.165, 1.54) is 19.1 Å². The first kappa shape index (κ1) is 13.8. The number of Topliss-reactive ketones (excluding diaryl/α,β-unsaturated/α-hetero) is 1. The average molecular weight is 250 g/mol. The minimum Gasteiger partial charge on any atom is -0.349 e. The minimum atomic E-state index is -0.492. The number of non-ortho nitro benzene ring substituents is 1. The number of nitro groups is 1. The summed E-state index contributed by atoms with van der Waals surface area (Å²) in [4.78, 5) is 32.3. The standard InChI is InChI=1S/C12H14N2O4/c1-8(15)6-12(16)13-9(2)10-4-3-5-11(7-10)14(17)18/h3-5,7,9H,6H2,1-2H3,(H,13,16). The first-order chi connectivity index (χ1) is 8.40. The van der Waals surface area contributed by atoms with Gasteiger partial charge in [0, 0.05) is 12.1 Å². The number of rotatable bonds is 5. The normalized spacial score (nSPS) is 11.7. The van der Waals surface area contributed by atoms with Crippen LogP contribution in [0.5, 0.6) is 0 Å². The smallest absolute Gasteiger partial charge is 0.269 e. The Morgan fingerprint density at radius 2 is 2.11 bits per heavy atom. The second-order valence-electron chi connectivity index (χ2n) is 4.02. The predicted octanol–water partition coefficient (Wildman–Crippen LogP) is 1.75. The van der Waals surface area contributed by atoms with Crippen LogP contribution in [0.2, 0.25) is 0 Å². The minimum absolute atomic E-state index is 0.0276. The highest BCUT2D eigenvalue weighted by Gasteiger charge is 2.13. The maximum absolute atomic E-state index is 11.4. The molecule has 6 heteroatoms. The van der Waals surface area contributed by atoms with Gasteiger partial charge in [0.1, 0.15) is 5.78 Å². The molecule has 1 unspecified atom stereocenters. The Hall–Kier alpha value is -2.24. The van der Waals surface area contributed by atoms with Gasteiger partial charge in [0.15, 0.2) is 0 Å². The molecule has 0 radical (unpaired) electrons. The molecular weight excluding hydrogens is 236 g/mol. The Kier molecular flexibility index (Phi) is 4.53. The lowest BCUT2D eigenvalue weighted by atomic mass is 10.1. The van der Waals surface area contributed by atoms with Gasteiger partial charge >= 0.3 is 0 Å². The fraction of sp³-hybridized carbons (Fsp3) is 0.333. The topological polar surface area (TPSA) is 89.3 Å². The molecule has 18 heavy (non-hydrogen) atoms. The molecule has 0 saturated heterocycles. The highest BCUT2D eigenvalue weighted by atomic mass is 16.6. The first-order valence-corrected chi connectivity index (χ1v) is 5.43. The van der Waals surface area contributed by atoms with E-state index in [0.29, 0.717) is 5.56 Å². The third kappa shape index (κ3) is 3.97. The summed E-state index contributed by atoms with van der Waals surface area (Å²) in [7, 11) is 0. The van der Waals surface area contributed by atoms with Crippen LogP contribution in [0.1, 0.15) is 31.9 Å². The van der Waals surface area contributed by atoms with Crippen molar-refractivity contribution in [3.8, 4) is 0 Å². The Morgan fingerprint density at radius 3 is 2.67 bits per heavy atom. The predicted molar refractivity (Wildman–Crippen MR) is 65.0 cm³/mol. The number of nitrogens with zero attached hydrogens (tertiary/aromatic N) is 1. The van der Waals surface area contributed by atoms with Gasteiger partial charge in [0.25, 0.3) is 5.69 Å². The maximum atomic E-state index is 11.4. The van der Waals surface area contributed by atoms with E-state index in [-0.39, 0.29) is 29.8 Å². The molecule has 0 aliphatic heterocycles. The molecule has 0 bridgehead atoms. The third-order valence-corrected chi connectivity index (χ3v) is 2.37. The molecule has 6 nitrogen and oxygen atoms in total. The van der Waals surface area contributed by atoms with Crippen LogP contribution in [0.3, 0.4) is 0 Å². The Balaban J connectivity index is 2.75. The second kappa shape index (κ2) is 5.90. The van der Waals surface area contributed by atoms with Crippen LogP contribution in [-0.2, 0) is 9.59 Å². The van der Waals surface area contributed by atoms with E-state index < -0.39 is 4.92 Å². The number of nitro benzene ring substituents is 1. The van der Waals surface area contributed by atoms with Crippen LogP contribution in [0.15, 0.2) is 24.3 Å².